The fourth-order valence-electron chi connectivity index (χ4n) is 3.23. The van der Waals surface area contributed by atoms with Gasteiger partial charge in [-0.2, -0.15) is 0 Å². The van der Waals surface area contributed by atoms with E-state index in [0.717, 1.165) is 33.4 Å². The highest BCUT2D eigenvalue weighted by molar-refractivity contribution is 7.98. The Morgan fingerprint density at radius 1 is 1.12 bits per heavy atom. The van der Waals surface area contributed by atoms with Crippen LogP contribution in [0.2, 0.25) is 0 Å². The number of halogens is 1. The van der Waals surface area contributed by atoms with E-state index in [9.17, 15) is 9.18 Å². The molecule has 0 unspecified atom stereocenters. The van der Waals surface area contributed by atoms with Crippen LogP contribution >= 0.6 is 11.8 Å². The molecule has 0 spiro atoms. The summed E-state index contributed by atoms with van der Waals surface area (Å²) < 4.78 is 13.9. The minimum Gasteiger partial charge on any atom is -0.299 e. The molecule has 0 N–H and O–H groups in total. The van der Waals surface area contributed by atoms with Gasteiger partial charge in [-0.3, -0.25) is 4.79 Å². The van der Waals surface area contributed by atoms with Gasteiger partial charge in [0.25, 0.3) is 0 Å². The lowest BCUT2D eigenvalue weighted by Gasteiger charge is -2.08. The zero-order valence-electron chi connectivity index (χ0n) is 15.6. The molecule has 1 aliphatic rings. The highest BCUT2D eigenvalue weighted by atomic mass is 32.2. The summed E-state index contributed by atoms with van der Waals surface area (Å²) in [6.07, 6.45) is 4.53. The standard InChI is InChI=1S/C23H23FOS/c1-14(2)23(25)13-21-15(3)20(19-10-7-17(24)12-22(19)21)11-16-5-8-18(26-4)9-6-16/h5-12,14H,13H2,1-4H3/b20-11-. The molecule has 3 heteroatoms. The van der Waals surface area contributed by atoms with Crippen molar-refractivity contribution in [2.75, 3.05) is 6.26 Å². The van der Waals surface area contributed by atoms with E-state index in [1.54, 1.807) is 17.8 Å². The molecule has 0 heterocycles. The molecule has 0 amide bonds. The van der Waals surface area contributed by atoms with Crippen LogP contribution in [0, 0.1) is 11.7 Å². The van der Waals surface area contributed by atoms with Crippen LogP contribution in [0.25, 0.3) is 17.2 Å². The molecule has 3 rings (SSSR count). The Kier molecular flexibility index (Phi) is 5.47. The van der Waals surface area contributed by atoms with E-state index in [-0.39, 0.29) is 17.5 Å². The third-order valence-corrected chi connectivity index (χ3v) is 5.62. The molecule has 0 saturated heterocycles. The van der Waals surface area contributed by atoms with Crippen molar-refractivity contribution in [1.82, 2.24) is 0 Å². The third-order valence-electron chi connectivity index (χ3n) is 4.88. The molecular formula is C23H23FOS. The number of hydrogen-bond acceptors (Lipinski definition) is 2. The third kappa shape index (κ3) is 3.68. The van der Waals surface area contributed by atoms with E-state index >= 15 is 0 Å². The van der Waals surface area contributed by atoms with Gasteiger partial charge < -0.3 is 0 Å². The maximum atomic E-state index is 13.9. The fourth-order valence-corrected chi connectivity index (χ4v) is 3.63. The Morgan fingerprint density at radius 2 is 1.81 bits per heavy atom. The summed E-state index contributed by atoms with van der Waals surface area (Å²) in [6.45, 7) is 5.84. The smallest absolute Gasteiger partial charge is 0.139 e. The molecule has 2 aromatic carbocycles. The lowest BCUT2D eigenvalue weighted by molar-refractivity contribution is -0.120. The molecule has 134 valence electrons. The van der Waals surface area contributed by atoms with E-state index < -0.39 is 0 Å². The van der Waals surface area contributed by atoms with Crippen LogP contribution < -0.4 is 0 Å². The van der Waals surface area contributed by atoms with Crippen molar-refractivity contribution in [3.63, 3.8) is 0 Å². The molecule has 0 bridgehead atoms. The summed E-state index contributed by atoms with van der Waals surface area (Å²) in [5, 5.41) is 0. The molecular weight excluding hydrogens is 343 g/mol. The first kappa shape index (κ1) is 18.7. The quantitative estimate of drug-likeness (QED) is 0.563. The summed E-state index contributed by atoms with van der Waals surface area (Å²) >= 11 is 1.71. The summed E-state index contributed by atoms with van der Waals surface area (Å²) in [7, 11) is 0. The topological polar surface area (TPSA) is 17.1 Å². The lowest BCUT2D eigenvalue weighted by Crippen LogP contribution is -2.07. The average molecular weight is 367 g/mol. The molecule has 0 fully saturated rings. The van der Waals surface area contributed by atoms with E-state index in [2.05, 4.69) is 36.6 Å². The largest absolute Gasteiger partial charge is 0.299 e. The van der Waals surface area contributed by atoms with Crippen molar-refractivity contribution >= 4 is 34.8 Å². The predicted octanol–water partition coefficient (Wildman–Crippen LogP) is 6.49. The number of Topliss-reactive ketones (excluding diaryl/α,β-unsaturated/α-hetero) is 1. The SMILES string of the molecule is CSc1ccc(/C=C2/C(C)=C(CC(=O)C(C)C)c3cc(F)ccc32)cc1. The van der Waals surface area contributed by atoms with Crippen LogP contribution in [0.4, 0.5) is 4.39 Å². The predicted molar refractivity (Wildman–Crippen MR) is 110 cm³/mol. The van der Waals surface area contributed by atoms with Gasteiger partial charge in [0.05, 0.1) is 0 Å². The van der Waals surface area contributed by atoms with Crippen LogP contribution in [0.3, 0.4) is 0 Å². The minimum atomic E-state index is -0.267. The molecule has 0 aromatic heterocycles. The maximum Gasteiger partial charge on any atom is 0.139 e. The van der Waals surface area contributed by atoms with Crippen LogP contribution in [-0.4, -0.2) is 12.0 Å². The van der Waals surface area contributed by atoms with E-state index in [4.69, 9.17) is 0 Å². The number of ketones is 1. The Morgan fingerprint density at radius 3 is 2.42 bits per heavy atom. The summed E-state index contributed by atoms with van der Waals surface area (Å²) in [6, 6.07) is 13.2. The van der Waals surface area contributed by atoms with Crippen molar-refractivity contribution in [1.29, 1.82) is 0 Å². The molecule has 0 saturated carbocycles. The van der Waals surface area contributed by atoms with Crippen molar-refractivity contribution in [3.8, 4) is 0 Å². The highest BCUT2D eigenvalue weighted by Gasteiger charge is 2.26. The summed E-state index contributed by atoms with van der Waals surface area (Å²) in [4.78, 5) is 13.5. The van der Waals surface area contributed by atoms with Crippen LogP contribution in [0.1, 0.15) is 43.9 Å². The highest BCUT2D eigenvalue weighted by Crippen LogP contribution is 2.44. The second-order valence-corrected chi connectivity index (χ2v) is 7.80. The zero-order chi connectivity index (χ0) is 18.8. The van der Waals surface area contributed by atoms with Crippen molar-refractivity contribution in [2.24, 2.45) is 5.92 Å². The fraction of sp³-hybridized carbons (Fsp3) is 0.261. The van der Waals surface area contributed by atoms with E-state index in [1.165, 1.54) is 11.0 Å². The maximum absolute atomic E-state index is 13.9. The number of fused-ring (bicyclic) bond motifs is 1. The van der Waals surface area contributed by atoms with Gasteiger partial charge in [0.15, 0.2) is 0 Å². The summed E-state index contributed by atoms with van der Waals surface area (Å²) in [5.41, 5.74) is 6.04. The van der Waals surface area contributed by atoms with Crippen LogP contribution in [0.5, 0.6) is 0 Å². The van der Waals surface area contributed by atoms with Gasteiger partial charge in [0.1, 0.15) is 11.6 Å². The number of benzene rings is 2. The van der Waals surface area contributed by atoms with Crippen LogP contribution in [-0.2, 0) is 4.79 Å². The number of hydrogen-bond donors (Lipinski definition) is 0. The first-order valence-electron chi connectivity index (χ1n) is 8.79. The minimum absolute atomic E-state index is 0.0283. The number of allylic oxidation sites excluding steroid dienone is 3. The Labute approximate surface area is 159 Å². The molecule has 2 aromatic rings. The summed E-state index contributed by atoms with van der Waals surface area (Å²) in [5.74, 6) is -0.115. The van der Waals surface area contributed by atoms with Gasteiger partial charge in [-0.05, 0) is 76.9 Å². The number of rotatable bonds is 5. The van der Waals surface area contributed by atoms with Gasteiger partial charge in [-0.25, -0.2) is 4.39 Å². The molecule has 0 aliphatic heterocycles. The molecule has 26 heavy (non-hydrogen) atoms. The van der Waals surface area contributed by atoms with Gasteiger partial charge in [-0.1, -0.05) is 32.0 Å². The second-order valence-electron chi connectivity index (χ2n) is 6.92. The van der Waals surface area contributed by atoms with E-state index in [1.807, 2.05) is 26.8 Å². The molecule has 1 nitrogen and oxygen atoms in total. The number of carbonyl (C=O) groups is 1. The van der Waals surface area contributed by atoms with Crippen molar-refractivity contribution in [3.05, 3.63) is 70.5 Å². The lowest BCUT2D eigenvalue weighted by atomic mass is 9.96. The monoisotopic (exact) mass is 366 g/mol. The van der Waals surface area contributed by atoms with Gasteiger partial charge >= 0.3 is 0 Å². The molecule has 0 radical (unpaired) electrons. The zero-order valence-corrected chi connectivity index (χ0v) is 16.4. The Balaban J connectivity index is 2.08. The van der Waals surface area contributed by atoms with Crippen molar-refractivity contribution < 1.29 is 9.18 Å². The van der Waals surface area contributed by atoms with E-state index in [0.29, 0.717) is 6.42 Å². The number of carbonyl (C=O) groups excluding carboxylic acids is 1. The number of thioether (sulfide) groups is 1. The second kappa shape index (κ2) is 7.63. The Bertz CT molecular complexity index is 904. The van der Waals surface area contributed by atoms with Crippen LogP contribution in [0.15, 0.2) is 52.9 Å². The van der Waals surface area contributed by atoms with Gasteiger partial charge in [0.2, 0.25) is 0 Å². The average Bonchev–Trinajstić information content (AvgIpc) is 2.87. The first-order chi connectivity index (χ1) is 12.4. The Hall–Kier alpha value is -2.13. The molecule has 0 atom stereocenters. The van der Waals surface area contributed by atoms with Crippen molar-refractivity contribution in [2.45, 2.75) is 32.1 Å². The van der Waals surface area contributed by atoms with Gasteiger partial charge in [0, 0.05) is 17.2 Å². The van der Waals surface area contributed by atoms with Gasteiger partial charge in [-0.15, -0.1) is 11.8 Å². The molecule has 1 aliphatic carbocycles. The normalized spacial score (nSPS) is 15.1. The first-order valence-corrected chi connectivity index (χ1v) is 10.0.